The molecule has 0 N–H and O–H groups in total. The Bertz CT molecular complexity index is 978. The number of rotatable bonds is 8. The van der Waals surface area contributed by atoms with Crippen LogP contribution in [0.3, 0.4) is 0 Å². The van der Waals surface area contributed by atoms with Crippen molar-refractivity contribution in [3.63, 3.8) is 0 Å². The van der Waals surface area contributed by atoms with Gasteiger partial charge in [0.25, 0.3) is 0 Å². The molecule has 1 aromatic heterocycles. The highest BCUT2D eigenvalue weighted by Gasteiger charge is 2.28. The van der Waals surface area contributed by atoms with Gasteiger partial charge in [-0.05, 0) is 36.4 Å². The summed E-state index contributed by atoms with van der Waals surface area (Å²) >= 11 is 5.01. The zero-order valence-electron chi connectivity index (χ0n) is 15.7. The van der Waals surface area contributed by atoms with Crippen molar-refractivity contribution < 1.29 is 14.2 Å². The molecule has 0 spiro atoms. The highest BCUT2D eigenvalue weighted by atomic mass is 79.9. The molecule has 0 aliphatic carbocycles. The molecule has 1 aliphatic heterocycles. The summed E-state index contributed by atoms with van der Waals surface area (Å²) in [6.07, 6.45) is 1.51. The molecule has 0 saturated heterocycles. The minimum absolute atomic E-state index is 0.314. The number of para-hydroxylation sites is 2. The summed E-state index contributed by atoms with van der Waals surface area (Å²) in [5.74, 6) is 3.78. The molecule has 0 saturated carbocycles. The van der Waals surface area contributed by atoms with E-state index >= 15 is 0 Å². The fraction of sp³-hybridized carbons (Fsp3) is 0.238. The molecule has 6 nitrogen and oxygen atoms in total. The Hall–Kier alpha value is -2.45. The molecular weight excluding hydrogens is 454 g/mol. The van der Waals surface area contributed by atoms with Crippen molar-refractivity contribution in [2.24, 2.45) is 0 Å². The van der Waals surface area contributed by atoms with E-state index in [0.29, 0.717) is 25.5 Å². The maximum Gasteiger partial charge on any atom is 0.192 e. The Balaban J connectivity index is 1.40. The number of aromatic nitrogens is 3. The van der Waals surface area contributed by atoms with Crippen LogP contribution in [-0.4, -0.2) is 33.7 Å². The van der Waals surface area contributed by atoms with Crippen LogP contribution in [0.2, 0.25) is 0 Å². The number of hydrogen-bond donors (Lipinski definition) is 0. The van der Waals surface area contributed by atoms with Crippen molar-refractivity contribution in [3.05, 3.63) is 71.5 Å². The van der Waals surface area contributed by atoms with Gasteiger partial charge in [0.1, 0.15) is 12.4 Å². The molecule has 0 bridgehead atoms. The van der Waals surface area contributed by atoms with Gasteiger partial charge in [0, 0.05) is 16.8 Å². The molecule has 1 unspecified atom stereocenters. The van der Waals surface area contributed by atoms with Gasteiger partial charge in [0.15, 0.2) is 28.6 Å². The van der Waals surface area contributed by atoms with Crippen LogP contribution in [0, 0.1) is 0 Å². The van der Waals surface area contributed by atoms with Crippen LogP contribution in [0.4, 0.5) is 0 Å². The van der Waals surface area contributed by atoms with Gasteiger partial charge in [-0.2, -0.15) is 0 Å². The molecule has 2 aromatic carbocycles. The van der Waals surface area contributed by atoms with E-state index in [0.717, 1.165) is 32.7 Å². The molecule has 3 aromatic rings. The quantitative estimate of drug-likeness (QED) is 0.263. The number of ether oxygens (including phenoxy) is 3. The molecule has 0 radical (unpaired) electrons. The topological polar surface area (TPSA) is 58.4 Å². The van der Waals surface area contributed by atoms with E-state index < -0.39 is 0 Å². The highest BCUT2D eigenvalue weighted by Crippen LogP contribution is 2.36. The van der Waals surface area contributed by atoms with Gasteiger partial charge in [-0.1, -0.05) is 45.9 Å². The minimum Gasteiger partial charge on any atom is -0.493 e. The minimum atomic E-state index is -0.314. The van der Waals surface area contributed by atoms with Crippen LogP contribution in [0.1, 0.15) is 11.9 Å². The monoisotopic (exact) mass is 473 g/mol. The van der Waals surface area contributed by atoms with Crippen molar-refractivity contribution in [2.45, 2.75) is 17.8 Å². The number of allylic oxidation sites excluding steroid dienone is 1. The third-order valence-corrected chi connectivity index (χ3v) is 5.71. The fourth-order valence-corrected chi connectivity index (χ4v) is 3.95. The molecular formula is C21H20BrN3O3S. The first-order chi connectivity index (χ1) is 14.2. The van der Waals surface area contributed by atoms with Crippen LogP contribution < -0.4 is 14.2 Å². The third kappa shape index (κ3) is 4.76. The largest absolute Gasteiger partial charge is 0.493 e. The summed E-state index contributed by atoms with van der Waals surface area (Å²) < 4.78 is 20.7. The maximum absolute atomic E-state index is 6.09. The van der Waals surface area contributed by atoms with E-state index in [1.165, 1.54) is 0 Å². The van der Waals surface area contributed by atoms with Crippen molar-refractivity contribution >= 4 is 27.7 Å². The van der Waals surface area contributed by atoms with Crippen LogP contribution in [0.5, 0.6) is 17.2 Å². The fourth-order valence-electron chi connectivity index (χ4n) is 2.92. The Labute approximate surface area is 182 Å². The second kappa shape index (κ2) is 9.37. The second-order valence-electron chi connectivity index (χ2n) is 6.26. The molecule has 1 atom stereocenters. The highest BCUT2D eigenvalue weighted by molar-refractivity contribution is 9.10. The summed E-state index contributed by atoms with van der Waals surface area (Å²) in [4.78, 5) is 0. The summed E-state index contributed by atoms with van der Waals surface area (Å²) in [6, 6.07) is 15.4. The van der Waals surface area contributed by atoms with Gasteiger partial charge < -0.3 is 14.2 Å². The van der Waals surface area contributed by atoms with E-state index in [-0.39, 0.29) is 6.10 Å². The van der Waals surface area contributed by atoms with Crippen LogP contribution in [-0.2, 0) is 6.54 Å². The van der Waals surface area contributed by atoms with E-state index in [1.807, 2.05) is 59.2 Å². The standard InChI is InChI=1S/C21H20BrN3O3S/c1-2-11-25-20(19-14-27-17-5-3-4-6-18(17)28-19)23-24-21(25)29-13-12-26-16-9-7-15(22)8-10-16/h2-10,19H,1,11-14H2. The normalized spacial score (nSPS) is 15.1. The maximum atomic E-state index is 6.09. The van der Waals surface area contributed by atoms with Crippen molar-refractivity contribution in [1.82, 2.24) is 14.8 Å². The molecule has 29 heavy (non-hydrogen) atoms. The number of halogens is 1. The molecule has 4 rings (SSSR count). The van der Waals surface area contributed by atoms with Gasteiger partial charge in [-0.3, -0.25) is 4.57 Å². The number of hydrogen-bond acceptors (Lipinski definition) is 6. The Morgan fingerprint density at radius 2 is 1.97 bits per heavy atom. The van der Waals surface area contributed by atoms with E-state index in [4.69, 9.17) is 14.2 Å². The average Bonchev–Trinajstić information content (AvgIpc) is 3.15. The molecule has 2 heterocycles. The first kappa shape index (κ1) is 19.8. The predicted molar refractivity (Wildman–Crippen MR) is 116 cm³/mol. The SMILES string of the molecule is C=CCn1c(SCCOc2ccc(Br)cc2)nnc1C1COc2ccccc2O1. The van der Waals surface area contributed by atoms with Crippen molar-refractivity contribution in [2.75, 3.05) is 19.0 Å². The molecule has 1 aliphatic rings. The summed E-state index contributed by atoms with van der Waals surface area (Å²) in [7, 11) is 0. The molecule has 8 heteroatoms. The van der Waals surface area contributed by atoms with Crippen LogP contribution in [0.25, 0.3) is 0 Å². The first-order valence-corrected chi connectivity index (χ1v) is 11.0. The summed E-state index contributed by atoms with van der Waals surface area (Å²) in [6.45, 7) is 5.41. The van der Waals surface area contributed by atoms with Crippen LogP contribution >= 0.6 is 27.7 Å². The zero-order chi connectivity index (χ0) is 20.1. The smallest absolute Gasteiger partial charge is 0.192 e. The molecule has 150 valence electrons. The van der Waals surface area contributed by atoms with E-state index in [1.54, 1.807) is 11.8 Å². The third-order valence-electron chi connectivity index (χ3n) is 4.25. The Morgan fingerprint density at radius 1 is 1.17 bits per heavy atom. The number of nitrogens with zero attached hydrogens (tertiary/aromatic N) is 3. The van der Waals surface area contributed by atoms with Crippen molar-refractivity contribution in [1.29, 1.82) is 0 Å². The van der Waals surface area contributed by atoms with Crippen molar-refractivity contribution in [3.8, 4) is 17.2 Å². The van der Waals surface area contributed by atoms with Crippen LogP contribution in [0.15, 0.2) is 70.8 Å². The lowest BCUT2D eigenvalue weighted by atomic mass is 10.2. The number of fused-ring (bicyclic) bond motifs is 1. The average molecular weight is 474 g/mol. The summed E-state index contributed by atoms with van der Waals surface area (Å²) in [5.41, 5.74) is 0. The van der Waals surface area contributed by atoms with Gasteiger partial charge in [0.05, 0.1) is 6.61 Å². The molecule has 0 amide bonds. The van der Waals surface area contributed by atoms with E-state index in [9.17, 15) is 0 Å². The van der Waals surface area contributed by atoms with Gasteiger partial charge in [0.2, 0.25) is 0 Å². The first-order valence-electron chi connectivity index (χ1n) is 9.18. The number of benzene rings is 2. The predicted octanol–water partition coefficient (Wildman–Crippen LogP) is 4.91. The van der Waals surface area contributed by atoms with Gasteiger partial charge in [-0.15, -0.1) is 16.8 Å². The lowest BCUT2D eigenvalue weighted by molar-refractivity contribution is 0.0821. The zero-order valence-corrected chi connectivity index (χ0v) is 18.1. The van der Waals surface area contributed by atoms with Gasteiger partial charge >= 0.3 is 0 Å². The Morgan fingerprint density at radius 3 is 2.76 bits per heavy atom. The number of thioether (sulfide) groups is 1. The lowest BCUT2D eigenvalue weighted by Crippen LogP contribution is -2.25. The summed E-state index contributed by atoms with van der Waals surface area (Å²) in [5, 5.41) is 9.53. The molecule has 0 fully saturated rings. The lowest BCUT2D eigenvalue weighted by Gasteiger charge is -2.26. The second-order valence-corrected chi connectivity index (χ2v) is 8.23. The van der Waals surface area contributed by atoms with Gasteiger partial charge in [-0.25, -0.2) is 0 Å². The Kier molecular flexibility index (Phi) is 6.41. The van der Waals surface area contributed by atoms with E-state index in [2.05, 4.69) is 32.7 Å².